The lowest BCUT2D eigenvalue weighted by Gasteiger charge is -2.24. The molecule has 3 aromatic rings. The van der Waals surface area contributed by atoms with Gasteiger partial charge >= 0.3 is 0 Å². The summed E-state index contributed by atoms with van der Waals surface area (Å²) in [6.07, 6.45) is 4.17. The summed E-state index contributed by atoms with van der Waals surface area (Å²) in [6, 6.07) is 10.9. The second-order valence-electron chi connectivity index (χ2n) is 6.10. The maximum Gasteiger partial charge on any atom is 0.207 e. The first-order valence-electron chi connectivity index (χ1n) is 8.03. The number of hydrogen-bond acceptors (Lipinski definition) is 5. The van der Waals surface area contributed by atoms with Crippen LogP contribution in [0.15, 0.2) is 36.7 Å². The minimum absolute atomic E-state index is 0.403. The van der Waals surface area contributed by atoms with E-state index in [1.807, 2.05) is 6.07 Å². The number of nitrogen functional groups attached to an aromatic ring is 1. The van der Waals surface area contributed by atoms with E-state index in [1.165, 1.54) is 31.5 Å². The molecule has 4 rings (SSSR count). The summed E-state index contributed by atoms with van der Waals surface area (Å²) in [4.78, 5) is 7.02. The van der Waals surface area contributed by atoms with Gasteiger partial charge < -0.3 is 5.73 Å². The molecule has 0 saturated carbocycles. The highest BCUT2D eigenvalue weighted by Crippen LogP contribution is 2.28. The van der Waals surface area contributed by atoms with E-state index < -0.39 is 0 Å². The van der Waals surface area contributed by atoms with Crippen LogP contribution in [0.25, 0.3) is 16.9 Å². The van der Waals surface area contributed by atoms with Gasteiger partial charge in [-0.25, -0.2) is 4.98 Å². The first kappa shape index (κ1) is 14.1. The van der Waals surface area contributed by atoms with Crippen molar-refractivity contribution in [2.45, 2.75) is 25.8 Å². The lowest BCUT2D eigenvalue weighted by Crippen LogP contribution is -2.23. The Kier molecular flexibility index (Phi) is 3.46. The summed E-state index contributed by atoms with van der Waals surface area (Å²) in [5.41, 5.74) is 9.92. The molecule has 2 aromatic heterocycles. The molecule has 6 nitrogen and oxygen atoms in total. The lowest BCUT2D eigenvalue weighted by molar-refractivity contribution is 0.263. The summed E-state index contributed by atoms with van der Waals surface area (Å²) in [5, 5.41) is 7.95. The summed E-state index contributed by atoms with van der Waals surface area (Å²) in [7, 11) is 0. The zero-order chi connectivity index (χ0) is 15.8. The molecule has 1 aliphatic rings. The molecular weight excluding hydrogens is 288 g/mol. The normalized spacial score (nSPS) is 16.9. The molecule has 1 fully saturated rings. The van der Waals surface area contributed by atoms with Gasteiger partial charge in [-0.2, -0.15) is 0 Å². The molecule has 1 atom stereocenters. The Morgan fingerprint density at radius 3 is 2.83 bits per heavy atom. The van der Waals surface area contributed by atoms with Crippen LogP contribution in [0.2, 0.25) is 0 Å². The van der Waals surface area contributed by atoms with E-state index in [4.69, 9.17) is 5.73 Å². The quantitative estimate of drug-likeness (QED) is 0.805. The Hall–Kier alpha value is -2.47. The number of benzene rings is 1. The van der Waals surface area contributed by atoms with Gasteiger partial charge in [0.2, 0.25) is 5.95 Å². The van der Waals surface area contributed by atoms with Gasteiger partial charge in [0.15, 0.2) is 5.65 Å². The summed E-state index contributed by atoms with van der Waals surface area (Å²) in [5.74, 6) is 0.403. The fraction of sp³-hybridized carbons (Fsp3) is 0.353. The smallest absolute Gasteiger partial charge is 0.207 e. The Labute approximate surface area is 135 Å². The number of anilines is 1. The van der Waals surface area contributed by atoms with E-state index in [0.29, 0.717) is 17.6 Å². The molecule has 1 saturated heterocycles. The molecule has 0 spiro atoms. The van der Waals surface area contributed by atoms with Crippen LogP contribution in [0, 0.1) is 0 Å². The van der Waals surface area contributed by atoms with Crippen molar-refractivity contribution >= 4 is 11.6 Å². The number of aromatic nitrogens is 4. The van der Waals surface area contributed by atoms with E-state index in [0.717, 1.165) is 11.3 Å². The predicted octanol–water partition coefficient (Wildman–Crippen LogP) is 2.53. The first-order chi connectivity index (χ1) is 11.2. The van der Waals surface area contributed by atoms with Crippen LogP contribution >= 0.6 is 0 Å². The fourth-order valence-electron chi connectivity index (χ4n) is 3.30. The molecule has 0 amide bonds. The minimum atomic E-state index is 0.403. The molecular formula is C17H20N6. The highest BCUT2D eigenvalue weighted by atomic mass is 15.3. The van der Waals surface area contributed by atoms with Crippen molar-refractivity contribution in [3.8, 4) is 11.3 Å². The van der Waals surface area contributed by atoms with Gasteiger partial charge in [0.1, 0.15) is 6.33 Å². The van der Waals surface area contributed by atoms with Crippen molar-refractivity contribution in [3.63, 3.8) is 0 Å². The van der Waals surface area contributed by atoms with Crippen LogP contribution in [0.4, 0.5) is 5.95 Å². The van der Waals surface area contributed by atoms with Crippen LogP contribution < -0.4 is 5.73 Å². The van der Waals surface area contributed by atoms with Gasteiger partial charge in [-0.1, -0.05) is 18.2 Å². The van der Waals surface area contributed by atoms with Gasteiger partial charge in [0, 0.05) is 17.7 Å². The zero-order valence-electron chi connectivity index (χ0n) is 13.2. The molecule has 0 bridgehead atoms. The second kappa shape index (κ2) is 5.62. The summed E-state index contributed by atoms with van der Waals surface area (Å²) in [6.45, 7) is 4.64. The maximum atomic E-state index is 6.00. The molecule has 0 aliphatic carbocycles. The Morgan fingerprint density at radius 2 is 2.00 bits per heavy atom. The topological polar surface area (TPSA) is 72.3 Å². The van der Waals surface area contributed by atoms with E-state index in [9.17, 15) is 0 Å². The number of fused-ring (bicyclic) bond motifs is 1. The van der Waals surface area contributed by atoms with Crippen molar-refractivity contribution in [2.75, 3.05) is 18.8 Å². The summed E-state index contributed by atoms with van der Waals surface area (Å²) < 4.78 is 1.68. The van der Waals surface area contributed by atoms with Crippen LogP contribution in [-0.4, -0.2) is 37.6 Å². The molecule has 118 valence electrons. The summed E-state index contributed by atoms with van der Waals surface area (Å²) >= 11 is 0. The number of nitrogens with zero attached hydrogens (tertiary/aromatic N) is 5. The average molecular weight is 308 g/mol. The molecule has 3 heterocycles. The van der Waals surface area contributed by atoms with Crippen molar-refractivity contribution in [3.05, 3.63) is 42.2 Å². The van der Waals surface area contributed by atoms with Crippen molar-refractivity contribution < 1.29 is 0 Å². The van der Waals surface area contributed by atoms with Crippen LogP contribution in [0.1, 0.15) is 31.4 Å². The highest BCUT2D eigenvalue weighted by Gasteiger charge is 2.19. The molecule has 1 unspecified atom stereocenters. The van der Waals surface area contributed by atoms with Crippen molar-refractivity contribution in [1.82, 2.24) is 24.5 Å². The maximum absolute atomic E-state index is 6.00. The fourth-order valence-corrected chi connectivity index (χ4v) is 3.30. The van der Waals surface area contributed by atoms with Crippen molar-refractivity contribution in [2.24, 2.45) is 0 Å². The standard InChI is InChI=1S/C17H20N6/c1-12(22-7-2-3-8-22)13-5-4-6-14(9-13)15-10-16-21-19-11-23(16)17(18)20-15/h4-6,9-12H,2-3,7-8H2,1H3,(H2,18,20). The average Bonchev–Trinajstić information content (AvgIpc) is 3.25. The van der Waals surface area contributed by atoms with E-state index in [1.54, 1.807) is 10.7 Å². The molecule has 23 heavy (non-hydrogen) atoms. The van der Waals surface area contributed by atoms with Gasteiger partial charge in [-0.05, 0) is 44.5 Å². The zero-order valence-corrected chi connectivity index (χ0v) is 13.2. The van der Waals surface area contributed by atoms with Gasteiger partial charge in [-0.3, -0.25) is 9.30 Å². The molecule has 1 aromatic carbocycles. The Balaban J connectivity index is 1.71. The third kappa shape index (κ3) is 2.55. The third-order valence-electron chi connectivity index (χ3n) is 4.67. The highest BCUT2D eigenvalue weighted by molar-refractivity contribution is 5.66. The number of hydrogen-bond donors (Lipinski definition) is 1. The lowest BCUT2D eigenvalue weighted by atomic mass is 10.0. The SMILES string of the molecule is CC(c1cccc(-c2cc3nncn3c(N)n2)c1)N1CCCC1. The largest absolute Gasteiger partial charge is 0.369 e. The van der Waals surface area contributed by atoms with E-state index in [2.05, 4.69) is 51.3 Å². The van der Waals surface area contributed by atoms with Crippen LogP contribution in [-0.2, 0) is 0 Å². The monoisotopic (exact) mass is 308 g/mol. The van der Waals surface area contributed by atoms with Crippen molar-refractivity contribution in [1.29, 1.82) is 0 Å². The first-order valence-corrected chi connectivity index (χ1v) is 8.03. The molecule has 2 N–H and O–H groups in total. The Morgan fingerprint density at radius 1 is 1.17 bits per heavy atom. The molecule has 6 heteroatoms. The molecule has 1 aliphatic heterocycles. The van der Waals surface area contributed by atoms with Gasteiger partial charge in [0.05, 0.1) is 5.69 Å². The Bertz CT molecular complexity index is 834. The minimum Gasteiger partial charge on any atom is -0.369 e. The molecule has 0 radical (unpaired) electrons. The third-order valence-corrected chi connectivity index (χ3v) is 4.67. The predicted molar refractivity (Wildman–Crippen MR) is 89.9 cm³/mol. The van der Waals surface area contributed by atoms with E-state index >= 15 is 0 Å². The van der Waals surface area contributed by atoms with Gasteiger partial charge in [-0.15, -0.1) is 10.2 Å². The number of nitrogens with two attached hydrogens (primary N) is 1. The van der Waals surface area contributed by atoms with Crippen LogP contribution in [0.5, 0.6) is 0 Å². The van der Waals surface area contributed by atoms with Crippen LogP contribution in [0.3, 0.4) is 0 Å². The number of rotatable bonds is 3. The van der Waals surface area contributed by atoms with E-state index in [-0.39, 0.29) is 0 Å². The number of likely N-dealkylation sites (tertiary alicyclic amines) is 1. The van der Waals surface area contributed by atoms with Gasteiger partial charge in [0.25, 0.3) is 0 Å². The second-order valence-corrected chi connectivity index (χ2v) is 6.10.